The Labute approximate surface area is 99.2 Å². The van der Waals surface area contributed by atoms with Crippen LogP contribution in [0.4, 0.5) is 0 Å². The van der Waals surface area contributed by atoms with E-state index in [1.54, 1.807) is 0 Å². The molecule has 0 amide bonds. The summed E-state index contributed by atoms with van der Waals surface area (Å²) in [6.07, 6.45) is 5.44. The van der Waals surface area contributed by atoms with Gasteiger partial charge in [-0.1, -0.05) is 20.8 Å². The molecule has 1 aromatic rings. The van der Waals surface area contributed by atoms with E-state index >= 15 is 0 Å². The highest BCUT2D eigenvalue weighted by Crippen LogP contribution is 2.14. The van der Waals surface area contributed by atoms with Gasteiger partial charge in [0.1, 0.15) is 0 Å². The molecule has 0 aliphatic heterocycles. The monoisotopic (exact) mass is 223 g/mol. The van der Waals surface area contributed by atoms with Gasteiger partial charge in [0.15, 0.2) is 0 Å². The first-order valence-corrected chi connectivity index (χ1v) is 6.39. The highest BCUT2D eigenvalue weighted by molar-refractivity contribution is 5.00. The Kier molecular flexibility index (Phi) is 5.53. The Morgan fingerprint density at radius 1 is 1.44 bits per heavy atom. The molecule has 0 bridgehead atoms. The Morgan fingerprint density at radius 2 is 2.19 bits per heavy atom. The lowest BCUT2D eigenvalue weighted by Gasteiger charge is -2.23. The largest absolute Gasteiger partial charge is 0.314 e. The van der Waals surface area contributed by atoms with Gasteiger partial charge in [0.2, 0.25) is 0 Å². The van der Waals surface area contributed by atoms with E-state index in [4.69, 9.17) is 0 Å². The molecule has 1 N–H and O–H groups in total. The van der Waals surface area contributed by atoms with Gasteiger partial charge in [0.25, 0.3) is 0 Å². The first-order chi connectivity index (χ1) is 7.69. The van der Waals surface area contributed by atoms with Crippen LogP contribution in [0.25, 0.3) is 0 Å². The normalized spacial score (nSPS) is 15.0. The van der Waals surface area contributed by atoms with Crippen molar-refractivity contribution < 1.29 is 0 Å². The zero-order chi connectivity index (χ0) is 12.0. The molecule has 0 aliphatic carbocycles. The number of nitrogens with one attached hydrogen (secondary N) is 1. The first kappa shape index (κ1) is 13.2. The maximum Gasteiger partial charge on any atom is 0.0492 e. The first-order valence-electron chi connectivity index (χ1n) is 6.39. The quantitative estimate of drug-likeness (QED) is 0.769. The van der Waals surface area contributed by atoms with E-state index < -0.39 is 0 Å². The molecule has 0 fully saturated rings. The van der Waals surface area contributed by atoms with Gasteiger partial charge in [-0.25, -0.2) is 0 Å². The number of nitrogens with zero attached hydrogens (tertiary/aromatic N) is 2. The summed E-state index contributed by atoms with van der Waals surface area (Å²) in [5.41, 5.74) is 1.33. The van der Waals surface area contributed by atoms with Gasteiger partial charge in [-0.2, -0.15) is 5.10 Å². The lowest BCUT2D eigenvalue weighted by atomic mass is 9.94. The molecule has 3 nitrogen and oxygen atoms in total. The molecule has 0 radical (unpaired) electrons. The van der Waals surface area contributed by atoms with Crippen LogP contribution in [0.15, 0.2) is 12.3 Å². The average molecular weight is 223 g/mol. The molecule has 1 heterocycles. The van der Waals surface area contributed by atoms with Crippen molar-refractivity contribution >= 4 is 0 Å². The van der Waals surface area contributed by atoms with Gasteiger partial charge in [0, 0.05) is 25.0 Å². The average Bonchev–Trinajstić information content (AvgIpc) is 2.68. The van der Waals surface area contributed by atoms with E-state index in [1.807, 2.05) is 17.9 Å². The molecule has 92 valence electrons. The summed E-state index contributed by atoms with van der Waals surface area (Å²) in [6.45, 7) is 7.84. The number of rotatable bonds is 7. The third-order valence-corrected chi connectivity index (χ3v) is 3.37. The van der Waals surface area contributed by atoms with Crippen molar-refractivity contribution in [3.05, 3.63) is 18.0 Å². The third kappa shape index (κ3) is 3.63. The summed E-state index contributed by atoms with van der Waals surface area (Å²) in [4.78, 5) is 0. The highest BCUT2D eigenvalue weighted by atomic mass is 15.2. The van der Waals surface area contributed by atoms with E-state index in [1.165, 1.54) is 18.5 Å². The van der Waals surface area contributed by atoms with E-state index in [2.05, 4.69) is 37.3 Å². The standard InChI is InChI=1S/C13H25N3/c1-5-13(14-6-2)11(3)7-8-12-9-10-15-16(12)4/h9-11,13-14H,5-8H2,1-4H3. The van der Waals surface area contributed by atoms with Crippen molar-refractivity contribution in [2.24, 2.45) is 13.0 Å². The van der Waals surface area contributed by atoms with Crippen LogP contribution in [0.1, 0.15) is 39.3 Å². The SMILES string of the molecule is CCNC(CC)C(C)CCc1ccnn1C. The molecule has 0 spiro atoms. The Hall–Kier alpha value is -0.830. The molecule has 0 saturated heterocycles. The molecular weight excluding hydrogens is 198 g/mol. The van der Waals surface area contributed by atoms with Crippen molar-refractivity contribution in [1.82, 2.24) is 15.1 Å². The van der Waals surface area contributed by atoms with Crippen LogP contribution in [0, 0.1) is 5.92 Å². The fourth-order valence-corrected chi connectivity index (χ4v) is 2.23. The summed E-state index contributed by atoms with van der Waals surface area (Å²) >= 11 is 0. The molecule has 3 heteroatoms. The number of hydrogen-bond donors (Lipinski definition) is 1. The van der Waals surface area contributed by atoms with Crippen LogP contribution in [0.2, 0.25) is 0 Å². The molecule has 2 unspecified atom stereocenters. The van der Waals surface area contributed by atoms with Crippen LogP contribution in [-0.2, 0) is 13.5 Å². The predicted octanol–water partition coefficient (Wildman–Crippen LogP) is 2.38. The van der Waals surface area contributed by atoms with Crippen LogP contribution in [0.5, 0.6) is 0 Å². The van der Waals surface area contributed by atoms with Crippen molar-refractivity contribution in [1.29, 1.82) is 0 Å². The highest BCUT2D eigenvalue weighted by Gasteiger charge is 2.14. The molecule has 16 heavy (non-hydrogen) atoms. The van der Waals surface area contributed by atoms with E-state index in [0.717, 1.165) is 18.9 Å². The van der Waals surface area contributed by atoms with E-state index in [0.29, 0.717) is 6.04 Å². The molecule has 2 atom stereocenters. The Morgan fingerprint density at radius 3 is 2.69 bits per heavy atom. The van der Waals surface area contributed by atoms with Crippen molar-refractivity contribution in [2.45, 2.75) is 46.1 Å². The Balaban J connectivity index is 2.39. The van der Waals surface area contributed by atoms with Crippen LogP contribution < -0.4 is 5.32 Å². The lowest BCUT2D eigenvalue weighted by molar-refractivity contribution is 0.352. The molecule has 1 aromatic heterocycles. The van der Waals surface area contributed by atoms with Gasteiger partial charge in [-0.3, -0.25) is 4.68 Å². The number of aryl methyl sites for hydroxylation is 2. The van der Waals surface area contributed by atoms with Gasteiger partial charge in [0.05, 0.1) is 0 Å². The molecular formula is C13H25N3. The zero-order valence-electron chi connectivity index (χ0n) is 11.0. The predicted molar refractivity (Wildman–Crippen MR) is 68.4 cm³/mol. The smallest absolute Gasteiger partial charge is 0.0492 e. The second-order valence-corrected chi connectivity index (χ2v) is 4.53. The summed E-state index contributed by atoms with van der Waals surface area (Å²) in [5, 5.41) is 7.75. The topological polar surface area (TPSA) is 29.9 Å². The van der Waals surface area contributed by atoms with Crippen molar-refractivity contribution in [3.8, 4) is 0 Å². The summed E-state index contributed by atoms with van der Waals surface area (Å²) in [6, 6.07) is 2.76. The van der Waals surface area contributed by atoms with Gasteiger partial charge in [-0.15, -0.1) is 0 Å². The van der Waals surface area contributed by atoms with E-state index in [-0.39, 0.29) is 0 Å². The minimum atomic E-state index is 0.651. The van der Waals surface area contributed by atoms with Crippen molar-refractivity contribution in [3.63, 3.8) is 0 Å². The second kappa shape index (κ2) is 6.69. The molecule has 0 saturated carbocycles. The van der Waals surface area contributed by atoms with Crippen LogP contribution in [-0.4, -0.2) is 22.4 Å². The van der Waals surface area contributed by atoms with Crippen LogP contribution >= 0.6 is 0 Å². The minimum Gasteiger partial charge on any atom is -0.314 e. The van der Waals surface area contributed by atoms with Gasteiger partial charge in [-0.05, 0) is 37.8 Å². The summed E-state index contributed by atoms with van der Waals surface area (Å²) in [7, 11) is 2.02. The maximum atomic E-state index is 4.20. The van der Waals surface area contributed by atoms with Crippen LogP contribution in [0.3, 0.4) is 0 Å². The second-order valence-electron chi connectivity index (χ2n) is 4.53. The number of aromatic nitrogens is 2. The van der Waals surface area contributed by atoms with Gasteiger partial charge >= 0.3 is 0 Å². The fourth-order valence-electron chi connectivity index (χ4n) is 2.23. The third-order valence-electron chi connectivity index (χ3n) is 3.37. The van der Waals surface area contributed by atoms with Crippen molar-refractivity contribution in [2.75, 3.05) is 6.54 Å². The lowest BCUT2D eigenvalue weighted by Crippen LogP contribution is -2.34. The summed E-state index contributed by atoms with van der Waals surface area (Å²) in [5.74, 6) is 0.722. The zero-order valence-corrected chi connectivity index (χ0v) is 11.0. The minimum absolute atomic E-state index is 0.651. The van der Waals surface area contributed by atoms with Gasteiger partial charge < -0.3 is 5.32 Å². The maximum absolute atomic E-state index is 4.20. The number of hydrogen-bond acceptors (Lipinski definition) is 2. The summed E-state index contributed by atoms with van der Waals surface area (Å²) < 4.78 is 1.97. The molecule has 1 rings (SSSR count). The Bertz CT molecular complexity index is 293. The van der Waals surface area contributed by atoms with E-state index in [9.17, 15) is 0 Å². The molecule has 0 aromatic carbocycles. The molecule has 0 aliphatic rings. The fraction of sp³-hybridized carbons (Fsp3) is 0.769.